The summed E-state index contributed by atoms with van der Waals surface area (Å²) in [5.74, 6) is 0. The summed E-state index contributed by atoms with van der Waals surface area (Å²) in [6.45, 7) is -0.730. The van der Waals surface area contributed by atoms with Crippen LogP contribution in [0.3, 0.4) is 0 Å². The van der Waals surface area contributed by atoms with Crippen molar-refractivity contribution in [1.29, 1.82) is 0 Å². The van der Waals surface area contributed by atoms with Crippen molar-refractivity contribution in [2.24, 2.45) is 0 Å². The van der Waals surface area contributed by atoms with Crippen molar-refractivity contribution in [2.75, 3.05) is 6.61 Å². The first kappa shape index (κ1) is 14.0. The molecule has 9 nitrogen and oxygen atoms in total. The zero-order valence-corrected chi connectivity index (χ0v) is 8.84. The van der Waals surface area contributed by atoms with E-state index in [-0.39, 0.29) is 0 Å². The molecule has 0 aromatic heterocycles. The van der Waals surface area contributed by atoms with Gasteiger partial charge in [0.2, 0.25) is 0 Å². The summed E-state index contributed by atoms with van der Waals surface area (Å²) in [7, 11) is -4.73. The summed E-state index contributed by atoms with van der Waals surface area (Å²) in [6.07, 6.45) is -8.11. The number of rotatable bonds is 3. The van der Waals surface area contributed by atoms with Crippen LogP contribution in [0, 0.1) is 0 Å². The second-order valence-corrected chi connectivity index (χ2v) is 4.56. The van der Waals surface area contributed by atoms with Gasteiger partial charge in [-0.1, -0.05) is 0 Å². The van der Waals surface area contributed by atoms with E-state index < -0.39 is 45.1 Å². The Balaban J connectivity index is 2.57. The quantitative estimate of drug-likeness (QED) is 0.289. The highest BCUT2D eigenvalue weighted by Gasteiger charge is 2.43. The first-order chi connectivity index (χ1) is 7.22. The van der Waals surface area contributed by atoms with Gasteiger partial charge in [0.1, 0.15) is 24.4 Å². The van der Waals surface area contributed by atoms with Crippen molar-refractivity contribution in [3.8, 4) is 0 Å². The largest absolute Gasteiger partial charge is 0.469 e. The van der Waals surface area contributed by atoms with Crippen LogP contribution in [0.25, 0.3) is 0 Å². The van der Waals surface area contributed by atoms with Gasteiger partial charge in [-0.2, -0.15) is 0 Å². The van der Waals surface area contributed by atoms with E-state index in [2.05, 4.69) is 9.26 Å². The molecule has 0 aromatic rings. The lowest BCUT2D eigenvalue weighted by Gasteiger charge is -2.38. The summed E-state index contributed by atoms with van der Waals surface area (Å²) < 4.78 is 19.0. The van der Waals surface area contributed by atoms with Crippen molar-refractivity contribution < 1.29 is 44.0 Å². The standard InChI is InChI=1S/C6H13O9P/c7-3-2(1-14-16(11,12)13)15-6(10)5(9)4(3)8/h2-10H,1H2,(H2,11,12,13)/t2?,3-,4+,5?,6+/m1/s1. The highest BCUT2D eigenvalue weighted by molar-refractivity contribution is 7.46. The minimum Gasteiger partial charge on any atom is -0.387 e. The van der Waals surface area contributed by atoms with Gasteiger partial charge in [0, 0.05) is 0 Å². The fraction of sp³-hybridized carbons (Fsp3) is 1.00. The lowest BCUT2D eigenvalue weighted by atomic mass is 10.00. The van der Waals surface area contributed by atoms with E-state index in [1.807, 2.05) is 0 Å². The average Bonchev–Trinajstić information content (AvgIpc) is 2.17. The highest BCUT2D eigenvalue weighted by Crippen LogP contribution is 2.36. The second kappa shape index (κ2) is 5.05. The molecule has 1 saturated heterocycles. The Morgan fingerprint density at radius 2 is 1.62 bits per heavy atom. The maximum Gasteiger partial charge on any atom is 0.469 e. The van der Waals surface area contributed by atoms with Crippen LogP contribution < -0.4 is 0 Å². The molecule has 0 aromatic carbocycles. The van der Waals surface area contributed by atoms with Crippen LogP contribution in [0.15, 0.2) is 0 Å². The van der Waals surface area contributed by atoms with E-state index in [1.165, 1.54) is 0 Å². The molecule has 1 heterocycles. The van der Waals surface area contributed by atoms with Gasteiger partial charge in [-0.25, -0.2) is 4.57 Å². The Morgan fingerprint density at radius 3 is 2.12 bits per heavy atom. The summed E-state index contributed by atoms with van der Waals surface area (Å²) in [5.41, 5.74) is 0. The maximum absolute atomic E-state index is 10.4. The molecule has 0 saturated carbocycles. The molecule has 6 N–H and O–H groups in total. The lowest BCUT2D eigenvalue weighted by Crippen LogP contribution is -2.58. The number of phosphoric ester groups is 1. The molecule has 1 aliphatic heterocycles. The van der Waals surface area contributed by atoms with E-state index in [0.29, 0.717) is 0 Å². The van der Waals surface area contributed by atoms with Gasteiger partial charge in [-0.05, 0) is 0 Å². The van der Waals surface area contributed by atoms with Crippen molar-refractivity contribution >= 4 is 7.82 Å². The van der Waals surface area contributed by atoms with E-state index in [1.54, 1.807) is 0 Å². The lowest BCUT2D eigenvalue weighted by molar-refractivity contribution is -0.285. The van der Waals surface area contributed by atoms with Crippen LogP contribution >= 0.6 is 7.82 Å². The van der Waals surface area contributed by atoms with Crippen molar-refractivity contribution in [2.45, 2.75) is 30.7 Å². The van der Waals surface area contributed by atoms with E-state index >= 15 is 0 Å². The molecular weight excluding hydrogens is 247 g/mol. The summed E-state index contributed by atoms with van der Waals surface area (Å²) in [6, 6.07) is 0. The molecule has 2 unspecified atom stereocenters. The van der Waals surface area contributed by atoms with Crippen molar-refractivity contribution in [3.05, 3.63) is 0 Å². The highest BCUT2D eigenvalue weighted by atomic mass is 31.2. The molecule has 96 valence electrons. The van der Waals surface area contributed by atoms with Crippen LogP contribution in [-0.2, 0) is 13.8 Å². The van der Waals surface area contributed by atoms with Crippen molar-refractivity contribution in [3.63, 3.8) is 0 Å². The molecule has 0 aliphatic carbocycles. The number of aliphatic hydroxyl groups excluding tert-OH is 4. The van der Waals surface area contributed by atoms with Gasteiger partial charge in [0.05, 0.1) is 6.61 Å². The topological polar surface area (TPSA) is 157 Å². The first-order valence-electron chi connectivity index (χ1n) is 4.30. The molecule has 5 atom stereocenters. The molecule has 1 rings (SSSR count). The molecule has 1 aliphatic rings. The van der Waals surface area contributed by atoms with Crippen LogP contribution in [0.5, 0.6) is 0 Å². The Bertz CT molecular complexity index is 277. The minimum atomic E-state index is -4.73. The Kier molecular flexibility index (Phi) is 4.41. The normalized spacial score (nSPS) is 41.0. The minimum absolute atomic E-state index is 0.730. The number of hydrogen-bond acceptors (Lipinski definition) is 7. The zero-order chi connectivity index (χ0) is 12.5. The Hall–Kier alpha value is -0.0900. The Morgan fingerprint density at radius 1 is 1.06 bits per heavy atom. The van der Waals surface area contributed by atoms with Crippen LogP contribution in [0.4, 0.5) is 0 Å². The van der Waals surface area contributed by atoms with Gasteiger partial charge in [0.25, 0.3) is 0 Å². The zero-order valence-electron chi connectivity index (χ0n) is 7.95. The third-order valence-corrected chi connectivity index (χ3v) is 2.58. The third kappa shape index (κ3) is 3.45. The SMILES string of the molecule is O=P(O)(O)OCC1O[C@H](O)C(O)[C@@H](O)[C@@H]1O. The van der Waals surface area contributed by atoms with Crippen molar-refractivity contribution in [1.82, 2.24) is 0 Å². The predicted octanol–water partition coefficient (Wildman–Crippen LogP) is -3.10. The molecular formula is C6H13O9P. The van der Waals surface area contributed by atoms with Gasteiger partial charge in [0.15, 0.2) is 6.29 Å². The van der Waals surface area contributed by atoms with E-state index in [0.717, 1.165) is 0 Å². The van der Waals surface area contributed by atoms with Crippen LogP contribution in [0.1, 0.15) is 0 Å². The number of ether oxygens (including phenoxy) is 1. The fourth-order valence-corrected chi connectivity index (χ4v) is 1.58. The van der Waals surface area contributed by atoms with E-state index in [9.17, 15) is 14.8 Å². The maximum atomic E-state index is 10.4. The molecule has 0 spiro atoms. The monoisotopic (exact) mass is 260 g/mol. The molecule has 16 heavy (non-hydrogen) atoms. The number of phosphoric acid groups is 1. The molecule has 0 bridgehead atoms. The van der Waals surface area contributed by atoms with E-state index in [4.69, 9.17) is 20.0 Å². The molecule has 10 heteroatoms. The summed E-state index contributed by atoms with van der Waals surface area (Å²) in [4.78, 5) is 16.8. The summed E-state index contributed by atoms with van der Waals surface area (Å²) >= 11 is 0. The summed E-state index contributed by atoms with van der Waals surface area (Å²) in [5, 5.41) is 36.7. The fourth-order valence-electron chi connectivity index (χ4n) is 1.24. The van der Waals surface area contributed by atoms with Gasteiger partial charge >= 0.3 is 7.82 Å². The van der Waals surface area contributed by atoms with Gasteiger partial charge < -0.3 is 34.9 Å². The van der Waals surface area contributed by atoms with Gasteiger partial charge in [-0.15, -0.1) is 0 Å². The number of aliphatic hydroxyl groups is 4. The van der Waals surface area contributed by atoms with Crippen LogP contribution in [-0.4, -0.2) is 67.5 Å². The third-order valence-electron chi connectivity index (χ3n) is 2.09. The average molecular weight is 260 g/mol. The molecule has 0 amide bonds. The van der Waals surface area contributed by atoms with Gasteiger partial charge in [-0.3, -0.25) is 4.52 Å². The molecule has 1 fully saturated rings. The molecule has 0 radical (unpaired) electrons. The smallest absolute Gasteiger partial charge is 0.387 e. The Labute approximate surface area is 90.1 Å². The first-order valence-corrected chi connectivity index (χ1v) is 5.83. The predicted molar refractivity (Wildman–Crippen MR) is 46.9 cm³/mol. The van der Waals surface area contributed by atoms with Crippen LogP contribution in [0.2, 0.25) is 0 Å². The second-order valence-electron chi connectivity index (χ2n) is 3.32. The number of hydrogen-bond donors (Lipinski definition) is 6.